The Morgan fingerprint density at radius 3 is 2.08 bits per heavy atom. The van der Waals surface area contributed by atoms with Crippen molar-refractivity contribution >= 4 is 18.0 Å². The number of carbonyl (C=O) groups excluding carboxylic acids is 1. The fourth-order valence-corrected chi connectivity index (χ4v) is 0.972. The largest absolute Gasteiger partial charge is 0.480 e. The number of carboxylic acid groups (broad SMARTS) is 2. The Morgan fingerprint density at radius 1 is 1.25 bits per heavy atom. The van der Waals surface area contributed by atoms with Crippen molar-refractivity contribution in [1.29, 1.82) is 0 Å². The minimum Gasteiger partial charge on any atom is -0.480 e. The normalized spacial score (nSPS) is 12.9. The molecule has 0 aromatic heterocycles. The fraction of sp³-hybridized carbons (Fsp3) is 0.643. The Bertz CT molecular complexity index is 419. The lowest BCUT2D eigenvalue weighted by Crippen LogP contribution is -2.46. The summed E-state index contributed by atoms with van der Waals surface area (Å²) in [6.45, 7) is 8.08. The van der Waals surface area contributed by atoms with Crippen molar-refractivity contribution in [2.24, 2.45) is 5.73 Å². The molecule has 0 bridgehead atoms. The molecule has 0 aliphatic heterocycles. The maximum absolute atomic E-state index is 11.3. The van der Waals surface area contributed by atoms with Gasteiger partial charge in [0.25, 0.3) is 0 Å². The van der Waals surface area contributed by atoms with Gasteiger partial charge in [-0.05, 0) is 20.8 Å². The van der Waals surface area contributed by atoms with E-state index in [2.05, 4.69) is 11.9 Å². The van der Waals surface area contributed by atoms with Crippen LogP contribution in [0.15, 0.2) is 12.7 Å². The van der Waals surface area contributed by atoms with Gasteiger partial charge in [-0.25, -0.2) is 9.59 Å². The highest BCUT2D eigenvalue weighted by molar-refractivity contribution is 5.80. The minimum atomic E-state index is -1.18. The number of ether oxygens (including phenoxy) is 2. The van der Waals surface area contributed by atoms with Gasteiger partial charge in [-0.3, -0.25) is 4.79 Å². The van der Waals surface area contributed by atoms with Gasteiger partial charge in [-0.1, -0.05) is 6.08 Å². The summed E-state index contributed by atoms with van der Waals surface area (Å²) in [4.78, 5) is 31.8. The third-order valence-corrected chi connectivity index (χ3v) is 2.02. The molecule has 0 rings (SSSR count). The molecule has 24 heavy (non-hydrogen) atoms. The van der Waals surface area contributed by atoms with Crippen LogP contribution in [-0.2, 0) is 19.1 Å². The first kappa shape index (κ1) is 24.1. The molecule has 0 radical (unpaired) electrons. The number of rotatable bonds is 8. The van der Waals surface area contributed by atoms with E-state index in [0.717, 1.165) is 0 Å². The second-order valence-electron chi connectivity index (χ2n) is 5.49. The molecule has 0 aromatic rings. The molecule has 6 N–H and O–H groups in total. The highest BCUT2D eigenvalue weighted by Crippen LogP contribution is 2.06. The molecule has 0 saturated heterocycles. The smallest absolute Gasteiger partial charge is 0.408 e. The Hall–Kier alpha value is -2.17. The highest BCUT2D eigenvalue weighted by atomic mass is 16.6. The number of amides is 1. The second-order valence-corrected chi connectivity index (χ2v) is 5.49. The standard InChI is InChI=1S/C11H19NO5.C3H7NO3/c1-5-6-16-7-8(9(13)14)12-10(15)17-11(2,3)4;4-2(1-5)3(6)7/h5,8H,1,6-7H2,2-4H3,(H,12,15)(H,13,14);2,5H,1,4H2,(H,6,7)/t8-;2-/m00/s1. The minimum absolute atomic E-state index is 0.138. The molecule has 10 heteroatoms. The number of aliphatic hydroxyl groups excluding tert-OH is 1. The quantitative estimate of drug-likeness (QED) is 0.288. The Balaban J connectivity index is 0. The third-order valence-electron chi connectivity index (χ3n) is 2.02. The second kappa shape index (κ2) is 12.3. The van der Waals surface area contributed by atoms with Crippen molar-refractivity contribution in [3.05, 3.63) is 12.7 Å². The number of hydrogen-bond acceptors (Lipinski definition) is 7. The summed E-state index contributed by atoms with van der Waals surface area (Å²) in [6.07, 6.45) is 0.707. The van der Waals surface area contributed by atoms with Gasteiger partial charge < -0.3 is 35.8 Å². The van der Waals surface area contributed by atoms with Gasteiger partial charge >= 0.3 is 18.0 Å². The molecule has 10 nitrogen and oxygen atoms in total. The molecule has 140 valence electrons. The monoisotopic (exact) mass is 350 g/mol. The molecule has 0 heterocycles. The summed E-state index contributed by atoms with van der Waals surface area (Å²) in [5, 5.41) is 27.0. The lowest BCUT2D eigenvalue weighted by atomic mass is 10.2. The van der Waals surface area contributed by atoms with E-state index >= 15 is 0 Å². The van der Waals surface area contributed by atoms with Crippen LogP contribution in [0.3, 0.4) is 0 Å². The Morgan fingerprint density at radius 2 is 1.79 bits per heavy atom. The average Bonchev–Trinajstić information content (AvgIpc) is 2.43. The van der Waals surface area contributed by atoms with Crippen LogP contribution in [0, 0.1) is 0 Å². The van der Waals surface area contributed by atoms with Crippen molar-refractivity contribution in [2.75, 3.05) is 19.8 Å². The lowest BCUT2D eigenvalue weighted by Gasteiger charge is -2.21. The molecule has 0 aliphatic rings. The molecular weight excluding hydrogens is 324 g/mol. The Kier molecular flexibility index (Phi) is 12.3. The number of aliphatic carboxylic acids is 2. The van der Waals surface area contributed by atoms with Gasteiger partial charge in [-0.2, -0.15) is 0 Å². The van der Waals surface area contributed by atoms with Crippen LogP contribution in [0.25, 0.3) is 0 Å². The third kappa shape index (κ3) is 14.8. The molecule has 0 aromatic carbocycles. The van der Waals surface area contributed by atoms with E-state index in [1.807, 2.05) is 0 Å². The summed E-state index contributed by atoms with van der Waals surface area (Å²) in [5.41, 5.74) is 4.09. The molecule has 0 unspecified atom stereocenters. The van der Waals surface area contributed by atoms with Crippen molar-refractivity contribution in [2.45, 2.75) is 38.5 Å². The number of alkyl carbamates (subject to hydrolysis) is 1. The van der Waals surface area contributed by atoms with E-state index in [1.54, 1.807) is 20.8 Å². The summed E-state index contributed by atoms with van der Waals surface area (Å²) >= 11 is 0. The predicted molar refractivity (Wildman–Crippen MR) is 84.5 cm³/mol. The van der Waals surface area contributed by atoms with Crippen LogP contribution >= 0.6 is 0 Å². The van der Waals surface area contributed by atoms with Gasteiger partial charge in [0.15, 0.2) is 6.04 Å². The number of hydrogen-bond donors (Lipinski definition) is 5. The fourth-order valence-electron chi connectivity index (χ4n) is 0.972. The van der Waals surface area contributed by atoms with Crippen LogP contribution in [0.1, 0.15) is 20.8 Å². The van der Waals surface area contributed by atoms with E-state index in [-0.39, 0.29) is 13.2 Å². The topological polar surface area (TPSA) is 168 Å². The van der Waals surface area contributed by atoms with Gasteiger partial charge in [0.1, 0.15) is 11.6 Å². The molecule has 2 atom stereocenters. The molecule has 1 amide bonds. The number of carboxylic acids is 2. The van der Waals surface area contributed by atoms with Crippen molar-refractivity contribution < 1.29 is 39.2 Å². The van der Waals surface area contributed by atoms with Crippen LogP contribution in [0.5, 0.6) is 0 Å². The number of aliphatic hydroxyl groups is 1. The van der Waals surface area contributed by atoms with Gasteiger partial charge in [0, 0.05) is 0 Å². The zero-order valence-electron chi connectivity index (χ0n) is 14.0. The van der Waals surface area contributed by atoms with Crippen molar-refractivity contribution in [1.82, 2.24) is 5.32 Å². The van der Waals surface area contributed by atoms with Crippen molar-refractivity contribution in [3.63, 3.8) is 0 Å². The van der Waals surface area contributed by atoms with Crippen LogP contribution in [-0.4, -0.2) is 70.9 Å². The lowest BCUT2D eigenvalue weighted by molar-refractivity contribution is -0.141. The molecule has 0 saturated carbocycles. The van der Waals surface area contributed by atoms with Crippen molar-refractivity contribution in [3.8, 4) is 0 Å². The van der Waals surface area contributed by atoms with Gasteiger partial charge in [0.2, 0.25) is 0 Å². The van der Waals surface area contributed by atoms with E-state index in [1.165, 1.54) is 6.08 Å². The van der Waals surface area contributed by atoms with Crippen LogP contribution in [0.4, 0.5) is 4.79 Å². The first-order chi connectivity index (χ1) is 10.9. The highest BCUT2D eigenvalue weighted by Gasteiger charge is 2.23. The van der Waals surface area contributed by atoms with E-state index in [0.29, 0.717) is 0 Å². The number of carbonyl (C=O) groups is 3. The average molecular weight is 350 g/mol. The molecule has 0 aliphatic carbocycles. The van der Waals surface area contributed by atoms with Crippen LogP contribution in [0.2, 0.25) is 0 Å². The van der Waals surface area contributed by atoms with Gasteiger partial charge in [0.05, 0.1) is 19.8 Å². The molecular formula is C14H26N2O8. The summed E-state index contributed by atoms with van der Waals surface area (Å²) in [6, 6.07) is -2.26. The summed E-state index contributed by atoms with van der Waals surface area (Å²) in [5.74, 6) is -2.36. The predicted octanol–water partition coefficient (Wildman–Crippen LogP) is -0.442. The van der Waals surface area contributed by atoms with Crippen LogP contribution < -0.4 is 11.1 Å². The zero-order valence-corrected chi connectivity index (χ0v) is 14.0. The summed E-state index contributed by atoms with van der Waals surface area (Å²) < 4.78 is 9.90. The van der Waals surface area contributed by atoms with E-state index in [4.69, 9.17) is 30.5 Å². The molecule has 0 spiro atoms. The maximum atomic E-state index is 11.3. The van der Waals surface area contributed by atoms with E-state index < -0.39 is 42.3 Å². The zero-order chi connectivity index (χ0) is 19.3. The summed E-state index contributed by atoms with van der Waals surface area (Å²) in [7, 11) is 0. The maximum Gasteiger partial charge on any atom is 0.408 e. The number of nitrogens with one attached hydrogen (secondary N) is 1. The molecule has 0 fully saturated rings. The van der Waals surface area contributed by atoms with E-state index in [9.17, 15) is 14.4 Å². The first-order valence-corrected chi connectivity index (χ1v) is 6.94. The SMILES string of the molecule is C=CCOC[C@H](NC(=O)OC(C)(C)C)C(=O)O.N[C@@H](CO)C(=O)O. The first-order valence-electron chi connectivity index (χ1n) is 6.94. The number of nitrogens with two attached hydrogens (primary N) is 1. The Labute approximate surface area is 140 Å². The van der Waals surface area contributed by atoms with Gasteiger partial charge in [-0.15, -0.1) is 6.58 Å².